The number of carbonyl (C=O) groups excluding carboxylic acids is 1. The zero-order valence-electron chi connectivity index (χ0n) is 23.5. The minimum atomic E-state index is -3.04. The van der Waals surface area contributed by atoms with Gasteiger partial charge in [-0.2, -0.15) is 0 Å². The molecule has 2 aliphatic carbocycles. The highest BCUT2D eigenvalue weighted by molar-refractivity contribution is 5.89. The molecule has 5 rings (SSSR count). The Balaban J connectivity index is 1.89. The number of rotatable bonds is 1. The zero-order chi connectivity index (χ0) is 25.4. The van der Waals surface area contributed by atoms with Crippen molar-refractivity contribution in [1.82, 2.24) is 4.90 Å². The Morgan fingerprint density at radius 1 is 1.59 bits per heavy atom. The first kappa shape index (κ1) is 5.82. The fourth-order valence-corrected chi connectivity index (χ4v) is 4.53. The predicted octanol–water partition coefficient (Wildman–Crippen LogP) is 1.93. The van der Waals surface area contributed by atoms with Crippen LogP contribution in [-0.2, 0) is 16.6 Å². The number of ketones is 1. The number of likely N-dealkylation sites (tertiary alicyclic amines) is 1. The molecule has 2 heterocycles. The molecule has 4 aliphatic rings. The van der Waals surface area contributed by atoms with Gasteiger partial charge in [0.1, 0.15) is 0 Å². The Labute approximate surface area is 147 Å². The quantitative estimate of drug-likeness (QED) is 0.794. The van der Waals surface area contributed by atoms with Crippen LogP contribution in [0.25, 0.3) is 0 Å². The van der Waals surface area contributed by atoms with E-state index in [0.29, 0.717) is 0 Å². The van der Waals surface area contributed by atoms with E-state index in [9.17, 15) is 4.79 Å². The number of methoxy groups -OCH3 is 1. The molecule has 22 heavy (non-hydrogen) atoms. The number of nitrogens with zero attached hydrogens (tertiary/aromatic N) is 1. The molecule has 1 aromatic rings. The number of carbonyl (C=O) groups is 1. The molecular formula is C18H21NO3. The van der Waals surface area contributed by atoms with Crippen molar-refractivity contribution in [2.75, 3.05) is 20.6 Å². The standard InChI is InChI=1S/C18H21NO3/c1-19-8-7-18-11-4-5-13(20)17(18)22-16-14(21-2)6-3-10(15(16)18)9-12(11)19/h3,6,11-12,17H,4-5,7-9H2,1-2H3/t11-,12+,17?,18-/m0/s1/i1D3,2D3,3D,5D2,6D,9D2. The van der Waals surface area contributed by atoms with E-state index in [1.807, 2.05) is 0 Å². The van der Waals surface area contributed by atoms with Crippen LogP contribution in [0.4, 0.5) is 0 Å². The lowest BCUT2D eigenvalue weighted by atomic mass is 9.52. The number of benzene rings is 1. The Hall–Kier alpha value is -1.55. The van der Waals surface area contributed by atoms with Crippen LogP contribution in [0.2, 0.25) is 0 Å². The molecular weight excluding hydrogens is 278 g/mol. The van der Waals surface area contributed by atoms with Gasteiger partial charge in [-0.1, -0.05) is 6.04 Å². The number of ether oxygens (including phenoxy) is 2. The fourth-order valence-electron chi connectivity index (χ4n) is 4.53. The first-order valence-electron chi connectivity index (χ1n) is 13.2. The zero-order valence-corrected chi connectivity index (χ0v) is 11.5. The van der Waals surface area contributed by atoms with Crippen LogP contribution >= 0.6 is 0 Å². The van der Waals surface area contributed by atoms with Crippen LogP contribution in [0.5, 0.6) is 11.5 Å². The highest BCUT2D eigenvalue weighted by Gasteiger charge is 2.65. The lowest BCUT2D eigenvalue weighted by molar-refractivity contribution is -0.138. The molecule has 4 nitrogen and oxygen atoms in total. The van der Waals surface area contributed by atoms with Crippen molar-refractivity contribution in [2.24, 2.45) is 5.92 Å². The van der Waals surface area contributed by atoms with E-state index in [0.717, 1.165) is 4.90 Å². The maximum absolute atomic E-state index is 13.2. The maximum Gasteiger partial charge on any atom is 0.174 e. The molecule has 0 radical (unpaired) electrons. The molecule has 1 saturated carbocycles. The lowest BCUT2D eigenvalue weighted by Crippen LogP contribution is -2.65. The molecule has 1 spiro atoms. The average Bonchev–Trinajstić information content (AvgIpc) is 2.98. The Bertz CT molecular complexity index is 1110. The smallest absolute Gasteiger partial charge is 0.174 e. The van der Waals surface area contributed by atoms with Crippen molar-refractivity contribution in [1.29, 1.82) is 0 Å². The first-order chi connectivity index (χ1) is 15.4. The molecule has 2 fully saturated rings. The fraction of sp³-hybridized carbons (Fsp3) is 0.611. The van der Waals surface area contributed by atoms with E-state index in [2.05, 4.69) is 0 Å². The first-order valence-corrected chi connectivity index (χ1v) is 7.20. The topological polar surface area (TPSA) is 38.8 Å². The molecule has 1 unspecified atom stereocenters. The minimum Gasteiger partial charge on any atom is -0.493 e. The molecule has 2 aliphatic heterocycles. The second kappa shape index (κ2) is 4.05. The third-order valence-corrected chi connectivity index (χ3v) is 5.43. The monoisotopic (exact) mass is 311 g/mol. The Kier molecular flexibility index (Phi) is 1.07. The van der Waals surface area contributed by atoms with Gasteiger partial charge in [0.05, 0.1) is 13.9 Å². The number of likely N-dealkylation sites (N-methyl/N-ethyl adjacent to an activating group) is 1. The number of piperidine rings is 1. The van der Waals surface area contributed by atoms with E-state index >= 15 is 0 Å². The summed E-state index contributed by atoms with van der Waals surface area (Å²) in [5.74, 6) is -2.93. The summed E-state index contributed by atoms with van der Waals surface area (Å²) in [6.07, 6.45) is -6.98. The summed E-state index contributed by atoms with van der Waals surface area (Å²) in [7, 11) is -3.04. The van der Waals surface area contributed by atoms with Gasteiger partial charge in [0.15, 0.2) is 23.4 Å². The normalized spacial score (nSPS) is 52.2. The van der Waals surface area contributed by atoms with Crippen LogP contribution in [0.1, 0.15) is 46.8 Å². The van der Waals surface area contributed by atoms with Crippen LogP contribution in [-0.4, -0.2) is 43.4 Å². The van der Waals surface area contributed by atoms with Crippen LogP contribution < -0.4 is 9.47 Å². The second-order valence-corrected chi connectivity index (χ2v) is 6.18. The molecule has 116 valence electrons. The van der Waals surface area contributed by atoms with Gasteiger partial charge in [-0.3, -0.25) is 4.79 Å². The summed E-state index contributed by atoms with van der Waals surface area (Å²) in [5, 5.41) is 0. The number of hydrogen-bond donors (Lipinski definition) is 0. The van der Waals surface area contributed by atoms with E-state index < -0.39 is 80.3 Å². The third-order valence-electron chi connectivity index (χ3n) is 5.43. The Morgan fingerprint density at radius 3 is 3.41 bits per heavy atom. The molecule has 4 heteroatoms. The van der Waals surface area contributed by atoms with E-state index in [1.54, 1.807) is 0 Å². The molecule has 0 amide bonds. The van der Waals surface area contributed by atoms with Gasteiger partial charge in [-0.25, -0.2) is 0 Å². The molecule has 0 aromatic heterocycles. The second-order valence-electron chi connectivity index (χ2n) is 6.18. The Morgan fingerprint density at radius 2 is 2.55 bits per heavy atom. The number of Topliss-reactive ketones (excluding diaryl/α,β-unsaturated/α-hetero) is 1. The van der Waals surface area contributed by atoms with Crippen LogP contribution in [0, 0.1) is 5.92 Å². The summed E-state index contributed by atoms with van der Waals surface area (Å²) in [6.45, 7) is -2.89. The SMILES string of the molecule is [2H]c1c([2H])c2c3c(c1OC([2H])([2H])[2H])OC1C(=O)C([2H])([2H])C[C@H]4[C@H](N(C([2H])([2H])[2H])CC[C@]314)C2([2H])[2H]. The van der Waals surface area contributed by atoms with Gasteiger partial charge in [0.2, 0.25) is 0 Å². The summed E-state index contributed by atoms with van der Waals surface area (Å²) in [6, 6.07) is -2.88. The van der Waals surface area contributed by atoms with Crippen molar-refractivity contribution in [2.45, 2.75) is 43.1 Å². The van der Waals surface area contributed by atoms with Gasteiger partial charge >= 0.3 is 0 Å². The maximum atomic E-state index is 13.2. The van der Waals surface area contributed by atoms with Gasteiger partial charge < -0.3 is 14.4 Å². The highest BCUT2D eigenvalue weighted by Crippen LogP contribution is 2.62. The van der Waals surface area contributed by atoms with Crippen molar-refractivity contribution in [3.8, 4) is 11.5 Å². The van der Waals surface area contributed by atoms with Gasteiger partial charge in [-0.15, -0.1) is 0 Å². The largest absolute Gasteiger partial charge is 0.493 e. The number of hydrogen-bond acceptors (Lipinski definition) is 4. The molecule has 2 bridgehead atoms. The summed E-state index contributed by atoms with van der Waals surface area (Å²) < 4.78 is 109. The molecule has 1 saturated heterocycles. The lowest BCUT2D eigenvalue weighted by Gasteiger charge is -2.57. The van der Waals surface area contributed by atoms with Gasteiger partial charge in [0, 0.05) is 33.0 Å². The predicted molar refractivity (Wildman–Crippen MR) is 81.6 cm³/mol. The van der Waals surface area contributed by atoms with Crippen LogP contribution in [0.3, 0.4) is 0 Å². The van der Waals surface area contributed by atoms with E-state index in [4.69, 9.17) is 25.9 Å². The molecule has 4 atom stereocenters. The highest BCUT2D eigenvalue weighted by atomic mass is 16.5. The van der Waals surface area contributed by atoms with E-state index in [-0.39, 0.29) is 29.8 Å². The van der Waals surface area contributed by atoms with Crippen molar-refractivity contribution in [3.63, 3.8) is 0 Å². The van der Waals surface area contributed by atoms with Crippen molar-refractivity contribution in [3.05, 3.63) is 23.2 Å². The third kappa shape index (κ3) is 1.27. The summed E-state index contributed by atoms with van der Waals surface area (Å²) in [4.78, 5) is 14.2. The van der Waals surface area contributed by atoms with Crippen molar-refractivity contribution < 1.29 is 30.7 Å². The average molecular weight is 311 g/mol. The van der Waals surface area contributed by atoms with E-state index in [1.165, 1.54) is 0 Å². The van der Waals surface area contributed by atoms with Gasteiger partial charge in [-0.05, 0) is 50.3 Å². The minimum absolute atomic E-state index is 0.0148. The van der Waals surface area contributed by atoms with Gasteiger partial charge in [0.25, 0.3) is 0 Å². The van der Waals surface area contributed by atoms with Crippen molar-refractivity contribution >= 4 is 5.78 Å². The summed E-state index contributed by atoms with van der Waals surface area (Å²) >= 11 is 0. The van der Waals surface area contributed by atoms with Crippen LogP contribution in [0.15, 0.2) is 12.1 Å². The summed E-state index contributed by atoms with van der Waals surface area (Å²) in [5.41, 5.74) is -1.68. The molecule has 1 aromatic carbocycles. The molecule has 0 N–H and O–H groups in total.